The summed E-state index contributed by atoms with van der Waals surface area (Å²) in [6.45, 7) is 0.394. The molecule has 2 aliphatic rings. The highest BCUT2D eigenvalue weighted by atomic mass is 35.5. The Morgan fingerprint density at radius 3 is 2.75 bits per heavy atom. The SMILES string of the molecule is CNC1(CCN)N=C(N)Nc2c1sc1c2CC(C(F)(F)F)CC1.Cl. The highest BCUT2D eigenvalue weighted by Crippen LogP contribution is 2.49. The molecule has 0 spiro atoms. The van der Waals surface area contributed by atoms with Gasteiger partial charge in [0.05, 0.1) is 16.5 Å². The molecule has 0 radical (unpaired) electrons. The molecular formula is C14H21ClF3N5S. The van der Waals surface area contributed by atoms with E-state index in [2.05, 4.69) is 15.6 Å². The van der Waals surface area contributed by atoms with Crippen molar-refractivity contribution in [2.24, 2.45) is 22.4 Å². The number of fused-ring (bicyclic) bond motifs is 3. The van der Waals surface area contributed by atoms with Gasteiger partial charge in [-0.1, -0.05) is 0 Å². The molecule has 3 rings (SSSR count). The fourth-order valence-corrected chi connectivity index (χ4v) is 4.84. The van der Waals surface area contributed by atoms with Crippen LogP contribution in [-0.4, -0.2) is 25.7 Å². The van der Waals surface area contributed by atoms with E-state index in [1.807, 2.05) is 0 Å². The second-order valence-corrected chi connectivity index (χ2v) is 7.07. The smallest absolute Gasteiger partial charge is 0.370 e. The highest BCUT2D eigenvalue weighted by Gasteiger charge is 2.45. The maximum absolute atomic E-state index is 13.1. The monoisotopic (exact) mass is 383 g/mol. The first kappa shape index (κ1) is 19.3. The average molecular weight is 384 g/mol. The Kier molecular flexibility index (Phi) is 5.39. The maximum atomic E-state index is 13.1. The fraction of sp³-hybridized carbons (Fsp3) is 0.643. The van der Waals surface area contributed by atoms with Crippen LogP contribution in [0.5, 0.6) is 0 Å². The van der Waals surface area contributed by atoms with E-state index in [1.54, 1.807) is 7.05 Å². The number of anilines is 1. The molecule has 1 aliphatic heterocycles. The first-order valence-electron chi connectivity index (χ1n) is 7.54. The van der Waals surface area contributed by atoms with E-state index in [4.69, 9.17) is 11.5 Å². The molecule has 2 atom stereocenters. The van der Waals surface area contributed by atoms with E-state index < -0.39 is 17.8 Å². The van der Waals surface area contributed by atoms with E-state index in [0.717, 1.165) is 15.3 Å². The number of nitrogens with one attached hydrogen (secondary N) is 2. The Balaban J connectivity index is 0.00000208. The van der Waals surface area contributed by atoms with E-state index in [0.29, 0.717) is 25.1 Å². The molecular weight excluding hydrogens is 363 g/mol. The van der Waals surface area contributed by atoms with Crippen molar-refractivity contribution in [3.05, 3.63) is 15.3 Å². The lowest BCUT2D eigenvalue weighted by molar-refractivity contribution is -0.176. The second-order valence-electron chi connectivity index (χ2n) is 5.96. The number of aliphatic imine (C=N–C) groups is 1. The van der Waals surface area contributed by atoms with Crippen LogP contribution in [0.2, 0.25) is 0 Å². The van der Waals surface area contributed by atoms with Crippen LogP contribution in [-0.2, 0) is 18.5 Å². The van der Waals surface area contributed by atoms with E-state index in [-0.39, 0.29) is 31.2 Å². The van der Waals surface area contributed by atoms with Crippen LogP contribution in [0.3, 0.4) is 0 Å². The summed E-state index contributed by atoms with van der Waals surface area (Å²) in [5.74, 6) is -1.09. The summed E-state index contributed by atoms with van der Waals surface area (Å²) in [4.78, 5) is 6.33. The Morgan fingerprint density at radius 1 is 1.46 bits per heavy atom. The predicted molar refractivity (Wildman–Crippen MR) is 92.8 cm³/mol. The Hall–Kier alpha value is -1.03. The molecule has 1 aliphatic carbocycles. The van der Waals surface area contributed by atoms with Crippen molar-refractivity contribution in [1.29, 1.82) is 0 Å². The molecule has 0 fully saturated rings. The molecule has 1 aromatic rings. The third-order valence-electron chi connectivity index (χ3n) is 4.58. The van der Waals surface area contributed by atoms with Crippen LogP contribution in [0.1, 0.15) is 28.2 Å². The molecule has 6 N–H and O–H groups in total. The van der Waals surface area contributed by atoms with Gasteiger partial charge in [0, 0.05) is 11.3 Å². The number of aryl methyl sites for hydroxylation is 1. The zero-order chi connectivity index (χ0) is 16.8. The van der Waals surface area contributed by atoms with Crippen LogP contribution in [0.4, 0.5) is 18.9 Å². The van der Waals surface area contributed by atoms with Gasteiger partial charge in [-0.2, -0.15) is 13.2 Å². The van der Waals surface area contributed by atoms with Gasteiger partial charge in [-0.3, -0.25) is 5.32 Å². The molecule has 24 heavy (non-hydrogen) atoms. The van der Waals surface area contributed by atoms with Crippen molar-refractivity contribution in [2.75, 3.05) is 18.9 Å². The number of thiophene rings is 1. The molecule has 0 bridgehead atoms. The van der Waals surface area contributed by atoms with Crippen molar-refractivity contribution >= 4 is 35.4 Å². The summed E-state index contributed by atoms with van der Waals surface area (Å²) < 4.78 is 39.3. The topological polar surface area (TPSA) is 88.5 Å². The lowest BCUT2D eigenvalue weighted by atomic mass is 9.86. The molecule has 0 saturated carbocycles. The van der Waals surface area contributed by atoms with Gasteiger partial charge in [0.2, 0.25) is 0 Å². The molecule has 5 nitrogen and oxygen atoms in total. The zero-order valence-electron chi connectivity index (χ0n) is 13.2. The Morgan fingerprint density at radius 2 is 2.17 bits per heavy atom. The molecule has 1 aromatic heterocycles. The fourth-order valence-electron chi connectivity index (χ4n) is 3.37. The van der Waals surface area contributed by atoms with Crippen LogP contribution in [0.25, 0.3) is 0 Å². The normalized spacial score (nSPS) is 25.9. The molecule has 0 saturated heterocycles. The number of alkyl halides is 3. The predicted octanol–water partition coefficient (Wildman–Crippen LogP) is 2.30. The van der Waals surface area contributed by atoms with Crippen LogP contribution in [0, 0.1) is 5.92 Å². The average Bonchev–Trinajstić information content (AvgIpc) is 2.85. The summed E-state index contributed by atoms with van der Waals surface area (Å²) in [6.07, 6.45) is -3.08. The van der Waals surface area contributed by atoms with Crippen LogP contribution >= 0.6 is 23.7 Å². The van der Waals surface area contributed by atoms with Gasteiger partial charge < -0.3 is 16.8 Å². The van der Waals surface area contributed by atoms with Gasteiger partial charge in [-0.15, -0.1) is 23.7 Å². The van der Waals surface area contributed by atoms with Gasteiger partial charge in [-0.25, -0.2) is 4.99 Å². The van der Waals surface area contributed by atoms with Gasteiger partial charge >= 0.3 is 6.18 Å². The van der Waals surface area contributed by atoms with Crippen molar-refractivity contribution in [3.8, 4) is 0 Å². The third kappa shape index (κ3) is 3.10. The zero-order valence-corrected chi connectivity index (χ0v) is 14.8. The first-order valence-corrected chi connectivity index (χ1v) is 8.35. The molecule has 2 unspecified atom stereocenters. The standard InChI is InChI=1S/C14H20F3N5S.ClH/c1-20-13(4-5-18)11-10(21-12(19)22-13)8-6-7(14(15,16)17)2-3-9(8)23-11;/h7,20H,2-6,18H2,1H3,(H3,19,21,22);1H. The van der Waals surface area contributed by atoms with Gasteiger partial charge in [0.25, 0.3) is 0 Å². The summed E-state index contributed by atoms with van der Waals surface area (Å²) in [5, 5.41) is 6.13. The van der Waals surface area contributed by atoms with Crippen molar-refractivity contribution in [1.82, 2.24) is 5.32 Å². The molecule has 2 heterocycles. The first-order chi connectivity index (χ1) is 10.8. The largest absolute Gasteiger partial charge is 0.392 e. The number of guanidine groups is 1. The number of rotatable bonds is 3. The number of nitrogens with two attached hydrogens (primary N) is 2. The van der Waals surface area contributed by atoms with Gasteiger partial charge in [-0.05, 0) is 38.4 Å². The number of nitrogens with zero attached hydrogens (tertiary/aromatic N) is 1. The van der Waals surface area contributed by atoms with Crippen molar-refractivity contribution in [2.45, 2.75) is 37.5 Å². The summed E-state index contributed by atoms with van der Waals surface area (Å²) >= 11 is 1.51. The number of halogens is 4. The van der Waals surface area contributed by atoms with Gasteiger partial charge in [0.1, 0.15) is 0 Å². The van der Waals surface area contributed by atoms with E-state index >= 15 is 0 Å². The quantitative estimate of drug-likeness (QED) is 0.645. The van der Waals surface area contributed by atoms with Crippen molar-refractivity contribution in [3.63, 3.8) is 0 Å². The van der Waals surface area contributed by atoms with Crippen LogP contribution < -0.4 is 22.1 Å². The van der Waals surface area contributed by atoms with E-state index in [9.17, 15) is 13.2 Å². The van der Waals surface area contributed by atoms with Gasteiger partial charge in [0.15, 0.2) is 11.6 Å². The lowest BCUT2D eigenvalue weighted by Crippen LogP contribution is -2.45. The summed E-state index contributed by atoms with van der Waals surface area (Å²) in [7, 11) is 1.76. The maximum Gasteiger partial charge on any atom is 0.392 e. The van der Waals surface area contributed by atoms with Crippen LogP contribution in [0.15, 0.2) is 4.99 Å². The highest BCUT2D eigenvalue weighted by molar-refractivity contribution is 7.13. The Bertz CT molecular complexity index is 645. The lowest BCUT2D eigenvalue weighted by Gasteiger charge is -2.33. The third-order valence-corrected chi connectivity index (χ3v) is 6.03. The number of hydrogen-bond donors (Lipinski definition) is 4. The van der Waals surface area contributed by atoms with Crippen molar-refractivity contribution < 1.29 is 13.2 Å². The Labute approximate surface area is 148 Å². The minimum absolute atomic E-state index is 0. The molecule has 10 heteroatoms. The summed E-state index contributed by atoms with van der Waals surface area (Å²) in [5.41, 5.74) is 12.3. The number of hydrogen-bond acceptors (Lipinski definition) is 6. The molecule has 136 valence electrons. The molecule has 0 aromatic carbocycles. The molecule has 0 amide bonds. The van der Waals surface area contributed by atoms with E-state index in [1.165, 1.54) is 11.3 Å². The second kappa shape index (κ2) is 6.70. The minimum Gasteiger partial charge on any atom is -0.370 e. The minimum atomic E-state index is -4.17. The summed E-state index contributed by atoms with van der Waals surface area (Å²) in [6, 6.07) is 0.